The molecule has 5 heteroatoms. The van der Waals surface area contributed by atoms with Crippen LogP contribution in [0.1, 0.15) is 36.6 Å². The van der Waals surface area contributed by atoms with E-state index < -0.39 is 0 Å². The van der Waals surface area contributed by atoms with Crippen LogP contribution >= 0.6 is 0 Å². The number of hydrogen-bond donors (Lipinski definition) is 1. The van der Waals surface area contributed by atoms with Gasteiger partial charge in [-0.25, -0.2) is 0 Å². The van der Waals surface area contributed by atoms with Crippen molar-refractivity contribution < 1.29 is 0 Å². The van der Waals surface area contributed by atoms with E-state index in [4.69, 9.17) is 5.73 Å². The number of aromatic nitrogens is 2. The number of likely N-dealkylation sites (N-methyl/N-ethyl adjacent to an activating group) is 2. The smallest absolute Gasteiger partial charge is 0.0641 e. The molecule has 2 N–H and O–H groups in total. The molecule has 0 aromatic carbocycles. The number of aryl methyl sites for hydroxylation is 2. The van der Waals surface area contributed by atoms with Crippen LogP contribution in [-0.4, -0.2) is 59.4 Å². The van der Waals surface area contributed by atoms with Crippen molar-refractivity contribution in [3.63, 3.8) is 0 Å². The molecule has 5 nitrogen and oxygen atoms in total. The maximum absolute atomic E-state index is 6.05. The highest BCUT2D eigenvalue weighted by Gasteiger charge is 2.41. The van der Waals surface area contributed by atoms with Crippen molar-refractivity contribution >= 4 is 0 Å². The SMILES string of the molecule is Cc1nn(C)cc1C(CN)N(C)CC1(N(C)C)CCC1. The Kier molecular flexibility index (Phi) is 4.52. The van der Waals surface area contributed by atoms with Gasteiger partial charge in [0.2, 0.25) is 0 Å². The van der Waals surface area contributed by atoms with Gasteiger partial charge in [0.1, 0.15) is 0 Å². The molecule has 114 valence electrons. The Labute approximate surface area is 122 Å². The Balaban J connectivity index is 2.13. The second-order valence-corrected chi connectivity index (χ2v) is 6.48. The molecule has 2 rings (SSSR count). The Hall–Kier alpha value is -0.910. The van der Waals surface area contributed by atoms with Crippen LogP contribution in [0, 0.1) is 6.92 Å². The summed E-state index contributed by atoms with van der Waals surface area (Å²) < 4.78 is 1.88. The summed E-state index contributed by atoms with van der Waals surface area (Å²) in [6.07, 6.45) is 6.01. The van der Waals surface area contributed by atoms with E-state index in [0.717, 1.165) is 12.2 Å². The van der Waals surface area contributed by atoms with Crippen molar-refractivity contribution in [3.8, 4) is 0 Å². The zero-order valence-corrected chi connectivity index (χ0v) is 13.6. The normalized spacial score (nSPS) is 19.4. The molecule has 1 heterocycles. The number of rotatable bonds is 6. The largest absolute Gasteiger partial charge is 0.329 e. The maximum Gasteiger partial charge on any atom is 0.0641 e. The Morgan fingerprint density at radius 1 is 1.40 bits per heavy atom. The van der Waals surface area contributed by atoms with Crippen LogP contribution < -0.4 is 5.73 Å². The molecule has 1 unspecified atom stereocenters. The van der Waals surface area contributed by atoms with Crippen LogP contribution in [-0.2, 0) is 7.05 Å². The molecular weight excluding hydrogens is 250 g/mol. The second-order valence-electron chi connectivity index (χ2n) is 6.48. The predicted molar refractivity (Wildman–Crippen MR) is 82.6 cm³/mol. The Morgan fingerprint density at radius 3 is 2.40 bits per heavy atom. The fourth-order valence-electron chi connectivity index (χ4n) is 3.40. The van der Waals surface area contributed by atoms with E-state index in [1.54, 1.807) is 0 Å². The molecule has 1 aliphatic rings. The standard InChI is InChI=1S/C15H29N5/c1-12-13(10-20(5)17-12)14(9-16)19(4)11-15(18(2)3)7-6-8-15/h10,14H,6-9,11,16H2,1-5H3. The van der Waals surface area contributed by atoms with E-state index in [-0.39, 0.29) is 6.04 Å². The summed E-state index contributed by atoms with van der Waals surface area (Å²) in [6.45, 7) is 3.76. The van der Waals surface area contributed by atoms with Crippen molar-refractivity contribution in [2.45, 2.75) is 37.8 Å². The van der Waals surface area contributed by atoms with E-state index in [9.17, 15) is 0 Å². The molecule has 1 aliphatic carbocycles. The molecule has 0 aliphatic heterocycles. The van der Waals surface area contributed by atoms with Gasteiger partial charge in [0.05, 0.1) is 11.7 Å². The average Bonchev–Trinajstić information content (AvgIpc) is 2.64. The Bertz CT molecular complexity index is 447. The molecular formula is C15H29N5. The van der Waals surface area contributed by atoms with Crippen LogP contribution in [0.3, 0.4) is 0 Å². The fourth-order valence-corrected chi connectivity index (χ4v) is 3.40. The minimum absolute atomic E-state index is 0.251. The van der Waals surface area contributed by atoms with Gasteiger partial charge in [0, 0.05) is 37.4 Å². The second kappa shape index (κ2) is 5.84. The van der Waals surface area contributed by atoms with Crippen LogP contribution in [0.25, 0.3) is 0 Å². The van der Waals surface area contributed by atoms with Crippen molar-refractivity contribution in [2.75, 3.05) is 34.2 Å². The molecule has 20 heavy (non-hydrogen) atoms. The first-order valence-corrected chi connectivity index (χ1v) is 7.47. The Morgan fingerprint density at radius 2 is 2.05 bits per heavy atom. The third-order valence-corrected chi connectivity index (χ3v) is 4.94. The highest BCUT2D eigenvalue weighted by atomic mass is 15.3. The third kappa shape index (κ3) is 2.75. The zero-order chi connectivity index (χ0) is 14.9. The lowest BCUT2D eigenvalue weighted by Gasteiger charge is -2.50. The monoisotopic (exact) mass is 279 g/mol. The predicted octanol–water partition coefficient (Wildman–Crippen LogP) is 1.14. The first-order valence-electron chi connectivity index (χ1n) is 7.47. The van der Waals surface area contributed by atoms with Crippen LogP contribution in [0.5, 0.6) is 0 Å². The highest BCUT2D eigenvalue weighted by Crippen LogP contribution is 2.38. The van der Waals surface area contributed by atoms with E-state index in [2.05, 4.69) is 49.2 Å². The first-order chi connectivity index (χ1) is 9.39. The quantitative estimate of drug-likeness (QED) is 0.848. The summed E-state index contributed by atoms with van der Waals surface area (Å²) in [5.74, 6) is 0. The molecule has 1 atom stereocenters. The van der Waals surface area contributed by atoms with Gasteiger partial charge in [0.25, 0.3) is 0 Å². The van der Waals surface area contributed by atoms with E-state index in [1.165, 1.54) is 24.8 Å². The average molecular weight is 279 g/mol. The molecule has 1 fully saturated rings. The third-order valence-electron chi connectivity index (χ3n) is 4.94. The van der Waals surface area contributed by atoms with Gasteiger partial charge in [-0.15, -0.1) is 0 Å². The van der Waals surface area contributed by atoms with Gasteiger partial charge in [-0.1, -0.05) is 0 Å². The summed E-state index contributed by atoms with van der Waals surface area (Å²) in [5.41, 5.74) is 8.72. The fraction of sp³-hybridized carbons (Fsp3) is 0.800. The van der Waals surface area contributed by atoms with Crippen molar-refractivity contribution in [3.05, 3.63) is 17.5 Å². The van der Waals surface area contributed by atoms with Crippen LogP contribution in [0.2, 0.25) is 0 Å². The van der Waals surface area contributed by atoms with Gasteiger partial charge in [-0.2, -0.15) is 5.10 Å². The molecule has 0 radical (unpaired) electrons. The summed E-state index contributed by atoms with van der Waals surface area (Å²) >= 11 is 0. The summed E-state index contributed by atoms with van der Waals surface area (Å²) in [7, 11) is 8.55. The summed E-state index contributed by atoms with van der Waals surface area (Å²) in [6, 6.07) is 0.251. The molecule has 0 saturated heterocycles. The van der Waals surface area contributed by atoms with Crippen molar-refractivity contribution in [1.82, 2.24) is 19.6 Å². The van der Waals surface area contributed by atoms with Crippen molar-refractivity contribution in [2.24, 2.45) is 12.8 Å². The van der Waals surface area contributed by atoms with Gasteiger partial charge in [0.15, 0.2) is 0 Å². The lowest BCUT2D eigenvalue weighted by Crippen LogP contribution is -2.57. The summed E-state index contributed by atoms with van der Waals surface area (Å²) in [4.78, 5) is 4.79. The topological polar surface area (TPSA) is 50.3 Å². The molecule has 0 spiro atoms. The number of nitrogens with two attached hydrogens (primary N) is 1. The minimum Gasteiger partial charge on any atom is -0.329 e. The molecule has 0 bridgehead atoms. The minimum atomic E-state index is 0.251. The summed E-state index contributed by atoms with van der Waals surface area (Å²) in [5, 5.41) is 4.45. The van der Waals surface area contributed by atoms with Gasteiger partial charge in [-0.3, -0.25) is 9.58 Å². The van der Waals surface area contributed by atoms with Crippen molar-refractivity contribution in [1.29, 1.82) is 0 Å². The van der Waals surface area contributed by atoms with E-state index >= 15 is 0 Å². The lowest BCUT2D eigenvalue weighted by molar-refractivity contribution is 0.0167. The van der Waals surface area contributed by atoms with E-state index in [0.29, 0.717) is 12.1 Å². The molecule has 1 aromatic rings. The van der Waals surface area contributed by atoms with Gasteiger partial charge < -0.3 is 10.6 Å². The van der Waals surface area contributed by atoms with Crippen LogP contribution in [0.4, 0.5) is 0 Å². The number of hydrogen-bond acceptors (Lipinski definition) is 4. The highest BCUT2D eigenvalue weighted by molar-refractivity contribution is 5.21. The first kappa shape index (κ1) is 15.5. The van der Waals surface area contributed by atoms with Crippen LogP contribution in [0.15, 0.2) is 6.20 Å². The maximum atomic E-state index is 6.05. The zero-order valence-electron chi connectivity index (χ0n) is 13.6. The van der Waals surface area contributed by atoms with Gasteiger partial charge in [-0.05, 0) is 47.3 Å². The van der Waals surface area contributed by atoms with E-state index in [1.807, 2.05) is 11.7 Å². The lowest BCUT2D eigenvalue weighted by atomic mass is 9.75. The molecule has 1 aromatic heterocycles. The molecule has 1 saturated carbocycles. The molecule has 0 amide bonds. The van der Waals surface area contributed by atoms with Gasteiger partial charge >= 0.3 is 0 Å². The number of nitrogens with zero attached hydrogens (tertiary/aromatic N) is 4.